The molecular formula is NaO4PTe. The summed E-state index contributed by atoms with van der Waals surface area (Å²) < 4.78 is 8.55. The van der Waals surface area contributed by atoms with E-state index in [9.17, 15) is 0 Å². The molecule has 0 bridgehead atoms. The summed E-state index contributed by atoms with van der Waals surface area (Å²) in [5.74, 6) is 0. The fourth-order valence-electron chi connectivity index (χ4n) is 0. The quantitative estimate of drug-likeness (QED) is 0.314. The first-order valence-electron chi connectivity index (χ1n) is 0.730. The van der Waals surface area contributed by atoms with Crippen molar-refractivity contribution in [1.29, 1.82) is 0 Å². The van der Waals surface area contributed by atoms with E-state index in [-0.39, 0.29) is 53.2 Å². The maximum absolute atomic E-state index is 8.55. The molecular weight excluding hydrogens is 246 g/mol. The van der Waals surface area contributed by atoms with E-state index < -0.39 is 7.82 Å². The van der Waals surface area contributed by atoms with Gasteiger partial charge < -0.3 is 19.2 Å². The molecule has 0 N–H and O–H groups in total. The minimum Gasteiger partial charge on any atom is -0.822 e. The Kier molecular flexibility index (Phi) is 13.7. The van der Waals surface area contributed by atoms with E-state index >= 15 is 0 Å². The van der Waals surface area contributed by atoms with Gasteiger partial charge >= 0.3 is 53.2 Å². The van der Waals surface area contributed by atoms with E-state index in [2.05, 4.69) is 0 Å². The number of rotatable bonds is 0. The molecule has 0 rings (SSSR count). The van der Waals surface area contributed by atoms with E-state index in [1.165, 1.54) is 0 Å². The molecule has 36 valence electrons. The monoisotopic (exact) mass is 248 g/mol. The Bertz CT molecular complexity index is 57.8. The molecule has 0 aromatic rings. The van der Waals surface area contributed by atoms with Crippen molar-refractivity contribution < 1.29 is 48.8 Å². The van der Waals surface area contributed by atoms with E-state index in [1.54, 1.807) is 0 Å². The van der Waals surface area contributed by atoms with Crippen molar-refractivity contribution in [3.05, 3.63) is 0 Å². The Morgan fingerprint density at radius 1 is 1.14 bits per heavy atom. The Morgan fingerprint density at radius 2 is 1.14 bits per heavy atom. The molecule has 0 amide bonds. The molecule has 0 aliphatic heterocycles. The summed E-state index contributed by atoms with van der Waals surface area (Å²) in [6.45, 7) is 0. The third kappa shape index (κ3) is 76.2. The summed E-state index contributed by atoms with van der Waals surface area (Å²) in [5.41, 5.74) is 0. The minimum atomic E-state index is -5.39. The van der Waals surface area contributed by atoms with Gasteiger partial charge in [0.1, 0.15) is 0 Å². The van der Waals surface area contributed by atoms with Crippen molar-refractivity contribution in [2.24, 2.45) is 0 Å². The molecule has 7 heavy (non-hydrogen) atoms. The summed E-state index contributed by atoms with van der Waals surface area (Å²) in [6.07, 6.45) is 0. The second-order valence-corrected chi connectivity index (χ2v) is 1.34. The van der Waals surface area contributed by atoms with Crippen LogP contribution in [0.4, 0.5) is 0 Å². The van der Waals surface area contributed by atoms with Crippen LogP contribution in [0.5, 0.6) is 0 Å². The summed E-state index contributed by atoms with van der Waals surface area (Å²) in [4.78, 5) is 25.6. The van der Waals surface area contributed by atoms with Crippen molar-refractivity contribution in [2.75, 3.05) is 0 Å². The second-order valence-electron chi connectivity index (χ2n) is 0.447. The van der Waals surface area contributed by atoms with Gasteiger partial charge in [-0.05, 0) is 0 Å². The normalized spacial score (nSPS) is 8.43. The number of hydrogen-bond acceptors (Lipinski definition) is 4. The minimum absolute atomic E-state index is 0. The van der Waals surface area contributed by atoms with Crippen molar-refractivity contribution in [1.82, 2.24) is 0 Å². The molecule has 0 heterocycles. The van der Waals surface area contributed by atoms with Gasteiger partial charge in [0.15, 0.2) is 0 Å². The van der Waals surface area contributed by atoms with Crippen molar-refractivity contribution in [3.8, 4) is 0 Å². The fourth-order valence-corrected chi connectivity index (χ4v) is 0. The molecule has 4 radical (unpaired) electrons. The maximum atomic E-state index is 8.55. The molecule has 0 aromatic heterocycles. The van der Waals surface area contributed by atoms with Gasteiger partial charge in [-0.3, -0.25) is 0 Å². The van der Waals surface area contributed by atoms with Crippen LogP contribution in [0.15, 0.2) is 0 Å². The van der Waals surface area contributed by atoms with Crippen molar-refractivity contribution >= 4 is 31.5 Å². The topological polar surface area (TPSA) is 86.2 Å². The summed E-state index contributed by atoms with van der Waals surface area (Å²) in [7, 11) is -5.39. The zero-order valence-corrected chi connectivity index (χ0v) is 8.71. The fraction of sp³-hybridized carbons (Fsp3) is 0. The van der Waals surface area contributed by atoms with Gasteiger partial charge in [0.2, 0.25) is 0 Å². The Morgan fingerprint density at radius 3 is 1.14 bits per heavy atom. The van der Waals surface area contributed by atoms with Gasteiger partial charge in [-0.2, -0.15) is 7.82 Å². The van der Waals surface area contributed by atoms with Gasteiger partial charge in [0.05, 0.1) is 0 Å². The van der Waals surface area contributed by atoms with Crippen LogP contribution in [0.25, 0.3) is 0 Å². The molecule has 0 spiro atoms. The zero-order chi connectivity index (χ0) is 4.50. The van der Waals surface area contributed by atoms with E-state index in [1.807, 2.05) is 0 Å². The smallest absolute Gasteiger partial charge is 0.822 e. The third-order valence-electron chi connectivity index (χ3n) is 0. The van der Waals surface area contributed by atoms with Gasteiger partial charge in [-0.25, -0.2) is 0 Å². The molecule has 0 saturated heterocycles. The average Bonchev–Trinajstić information content (AvgIpc) is 0.722. The number of phosphoric acid groups is 1. The zero-order valence-electron chi connectivity index (χ0n) is 3.49. The molecule has 0 aromatic carbocycles. The number of hydrogen-bond donors (Lipinski definition) is 0. The molecule has 0 aliphatic carbocycles. The predicted octanol–water partition coefficient (Wildman–Crippen LogP) is -6.20. The summed E-state index contributed by atoms with van der Waals surface area (Å²) in [6, 6.07) is 0. The van der Waals surface area contributed by atoms with Crippen molar-refractivity contribution in [3.63, 3.8) is 0 Å². The molecule has 4 nitrogen and oxygen atoms in total. The van der Waals surface area contributed by atoms with Crippen LogP contribution in [0.1, 0.15) is 0 Å². The first-order chi connectivity index (χ1) is 2.00. The molecule has 0 atom stereocenters. The predicted molar refractivity (Wildman–Crippen MR) is 13.4 cm³/mol. The Labute approximate surface area is 79.6 Å². The van der Waals surface area contributed by atoms with E-state index in [0.717, 1.165) is 0 Å². The molecule has 0 unspecified atom stereocenters. The average molecular weight is 246 g/mol. The van der Waals surface area contributed by atoms with Gasteiger partial charge in [-0.1, -0.05) is 0 Å². The van der Waals surface area contributed by atoms with Crippen LogP contribution >= 0.6 is 7.82 Å². The first kappa shape index (κ1) is 16.0. The third-order valence-corrected chi connectivity index (χ3v) is 0. The van der Waals surface area contributed by atoms with E-state index in [0.29, 0.717) is 0 Å². The molecule has 7 heteroatoms. The molecule has 0 fully saturated rings. The van der Waals surface area contributed by atoms with Crippen LogP contribution in [-0.4, -0.2) is 23.7 Å². The van der Waals surface area contributed by atoms with Gasteiger partial charge in [-0.15, -0.1) is 0 Å². The van der Waals surface area contributed by atoms with Crippen LogP contribution in [-0.2, 0) is 4.57 Å². The maximum Gasteiger partial charge on any atom is 2.00 e. The van der Waals surface area contributed by atoms with Crippen LogP contribution in [0.3, 0.4) is 0 Å². The van der Waals surface area contributed by atoms with Gasteiger partial charge in [0.25, 0.3) is 0 Å². The van der Waals surface area contributed by atoms with Crippen LogP contribution in [0, 0.1) is 0 Å². The van der Waals surface area contributed by atoms with Crippen LogP contribution in [0.2, 0.25) is 0 Å². The second kappa shape index (κ2) is 6.03. The summed E-state index contributed by atoms with van der Waals surface area (Å²) in [5, 5.41) is 0. The largest absolute Gasteiger partial charge is 2.00 e. The SMILES string of the molecule is O=P([O-])([O-])[O-].[Na+].[Te+2]. The standard InChI is InChI=1S/Na.H3O4P.Te/c;1-5(2,3)4;/h;(H3,1,2,3,4);/q+1;;+2/p-3. The van der Waals surface area contributed by atoms with E-state index in [4.69, 9.17) is 19.2 Å². The molecule has 0 aliphatic rings. The Balaban J connectivity index is -0.0000000800. The first-order valence-corrected chi connectivity index (χ1v) is 2.19. The van der Waals surface area contributed by atoms with Gasteiger partial charge in [0, 0.05) is 0 Å². The van der Waals surface area contributed by atoms with Crippen LogP contribution < -0.4 is 44.2 Å². The Hall–Kier alpha value is 1.90. The molecule has 0 saturated carbocycles. The van der Waals surface area contributed by atoms with Crippen molar-refractivity contribution in [2.45, 2.75) is 0 Å². The summed E-state index contributed by atoms with van der Waals surface area (Å²) >= 11 is 0.